The van der Waals surface area contributed by atoms with Gasteiger partial charge in [0.15, 0.2) is 12.9 Å². The second kappa shape index (κ2) is 8.69. The summed E-state index contributed by atoms with van der Waals surface area (Å²) in [6, 6.07) is 18.0. The molecule has 3 rings (SSSR count). The highest BCUT2D eigenvalue weighted by atomic mass is 16.5. The molecule has 3 aromatic rings. The Hall–Kier alpha value is -3.16. The smallest absolute Gasteiger partial charge is 0.483 e. The number of ether oxygens (including phenoxy) is 1. The monoisotopic (exact) mass is 377 g/mol. The van der Waals surface area contributed by atoms with E-state index in [1.807, 2.05) is 49.4 Å². The number of aldehydes is 1. The van der Waals surface area contributed by atoms with Crippen molar-refractivity contribution in [3.8, 4) is 5.75 Å². The lowest BCUT2D eigenvalue weighted by Crippen LogP contribution is -2.36. The van der Waals surface area contributed by atoms with Crippen LogP contribution in [0.25, 0.3) is 10.8 Å². The van der Waals surface area contributed by atoms with Gasteiger partial charge in [-0.2, -0.15) is 0 Å². The minimum atomic E-state index is -1.80. The van der Waals surface area contributed by atoms with E-state index in [0.717, 1.165) is 16.5 Å². The quantitative estimate of drug-likeness (QED) is 0.484. The van der Waals surface area contributed by atoms with E-state index < -0.39 is 7.12 Å². The van der Waals surface area contributed by atoms with Crippen LogP contribution >= 0.6 is 0 Å². The Labute approximate surface area is 163 Å². The van der Waals surface area contributed by atoms with Crippen molar-refractivity contribution in [2.45, 2.75) is 6.92 Å². The number of hydrogen-bond donors (Lipinski definition) is 2. The van der Waals surface area contributed by atoms with Gasteiger partial charge in [0.1, 0.15) is 5.75 Å². The molecule has 1 amide bonds. The van der Waals surface area contributed by atoms with Crippen LogP contribution in [0.3, 0.4) is 0 Å². The van der Waals surface area contributed by atoms with Crippen LogP contribution in [0.2, 0.25) is 0 Å². The number of carbonyl (C=O) groups is 2. The molecule has 0 bridgehead atoms. The van der Waals surface area contributed by atoms with Gasteiger partial charge in [-0.25, -0.2) is 0 Å². The average Bonchev–Trinajstić information content (AvgIpc) is 2.72. The zero-order valence-electron chi connectivity index (χ0n) is 15.4. The summed E-state index contributed by atoms with van der Waals surface area (Å²) in [5.41, 5.74) is 0.823. The summed E-state index contributed by atoms with van der Waals surface area (Å²) in [6.45, 7) is 2.04. The molecule has 0 aromatic heterocycles. The molecule has 0 saturated carbocycles. The Morgan fingerprint density at radius 1 is 1.07 bits per heavy atom. The first-order chi connectivity index (χ1) is 13.6. The minimum absolute atomic E-state index is 0.0125. The fraction of sp³-hybridized carbons (Fsp3) is 0.143. The van der Waals surface area contributed by atoms with E-state index in [-0.39, 0.29) is 29.3 Å². The Morgan fingerprint density at radius 3 is 2.50 bits per heavy atom. The van der Waals surface area contributed by atoms with Gasteiger partial charge in [0.05, 0.1) is 11.3 Å². The van der Waals surface area contributed by atoms with Crippen LogP contribution in [0.1, 0.15) is 17.3 Å². The largest absolute Gasteiger partial charge is 0.489 e. The lowest BCUT2D eigenvalue weighted by Gasteiger charge is -2.23. The number of hydrogen-bond acceptors (Lipinski definition) is 5. The van der Waals surface area contributed by atoms with Crippen molar-refractivity contribution in [2.24, 2.45) is 0 Å². The number of rotatable bonds is 7. The topological polar surface area (TPSA) is 87.1 Å². The Morgan fingerprint density at radius 2 is 1.79 bits per heavy atom. The normalized spacial score (nSPS) is 10.5. The molecule has 0 radical (unpaired) electrons. The van der Waals surface area contributed by atoms with Crippen molar-refractivity contribution in [3.05, 3.63) is 66.2 Å². The average molecular weight is 377 g/mol. The van der Waals surface area contributed by atoms with E-state index in [0.29, 0.717) is 12.8 Å². The number of benzene rings is 3. The van der Waals surface area contributed by atoms with Crippen LogP contribution in [0, 0.1) is 0 Å². The fourth-order valence-electron chi connectivity index (χ4n) is 3.18. The van der Waals surface area contributed by atoms with Crippen molar-refractivity contribution < 1.29 is 24.4 Å². The van der Waals surface area contributed by atoms with Gasteiger partial charge in [0, 0.05) is 11.9 Å². The molecule has 7 heteroatoms. The molecule has 0 aliphatic heterocycles. The molecule has 6 nitrogen and oxygen atoms in total. The number of carbonyl (C=O) groups excluding carboxylic acids is 2. The summed E-state index contributed by atoms with van der Waals surface area (Å²) in [6.07, 6.45) is 0.483. The molecule has 2 N–H and O–H groups in total. The van der Waals surface area contributed by atoms with Gasteiger partial charge in [-0.15, -0.1) is 0 Å². The zero-order valence-corrected chi connectivity index (χ0v) is 15.4. The van der Waals surface area contributed by atoms with Gasteiger partial charge < -0.3 is 19.7 Å². The number of fused-ring (bicyclic) bond motifs is 1. The molecule has 0 saturated heterocycles. The number of amides is 1. The zero-order chi connectivity index (χ0) is 20.1. The molecular formula is C21H20BNO5. The fourth-order valence-corrected chi connectivity index (χ4v) is 3.18. The molecular weight excluding hydrogens is 357 g/mol. The van der Waals surface area contributed by atoms with Crippen LogP contribution in [-0.4, -0.2) is 42.5 Å². The van der Waals surface area contributed by atoms with Crippen molar-refractivity contribution in [1.29, 1.82) is 0 Å². The van der Waals surface area contributed by atoms with Gasteiger partial charge in [-0.3, -0.25) is 9.59 Å². The van der Waals surface area contributed by atoms with Gasteiger partial charge in [0.2, 0.25) is 0 Å². The van der Waals surface area contributed by atoms with Crippen molar-refractivity contribution in [3.63, 3.8) is 0 Å². The number of nitrogens with zero attached hydrogens (tertiary/aromatic N) is 1. The maximum atomic E-state index is 12.8. The molecule has 0 atom stereocenters. The summed E-state index contributed by atoms with van der Waals surface area (Å²) < 4.78 is 5.55. The van der Waals surface area contributed by atoms with E-state index in [2.05, 4.69) is 0 Å². The first-order valence-electron chi connectivity index (χ1n) is 8.92. The van der Waals surface area contributed by atoms with Crippen LogP contribution in [-0.2, 0) is 4.79 Å². The Balaban J connectivity index is 1.84. The highest BCUT2D eigenvalue weighted by molar-refractivity contribution is 6.60. The lowest BCUT2D eigenvalue weighted by atomic mass is 9.77. The molecule has 0 heterocycles. The molecule has 0 fully saturated rings. The Bertz CT molecular complexity index is 1000. The predicted molar refractivity (Wildman–Crippen MR) is 109 cm³/mol. The van der Waals surface area contributed by atoms with E-state index in [1.54, 1.807) is 4.90 Å². The highest BCUT2D eigenvalue weighted by Gasteiger charge is 2.21. The predicted octanol–water partition coefficient (Wildman–Crippen LogP) is 1.76. The molecule has 0 aliphatic carbocycles. The van der Waals surface area contributed by atoms with Crippen LogP contribution in [0.4, 0.5) is 5.69 Å². The summed E-state index contributed by atoms with van der Waals surface area (Å²) in [5, 5.41) is 20.7. The van der Waals surface area contributed by atoms with E-state index >= 15 is 0 Å². The maximum Gasteiger partial charge on any atom is 0.489 e. The second-order valence-electron chi connectivity index (χ2n) is 6.18. The highest BCUT2D eigenvalue weighted by Crippen LogP contribution is 2.27. The summed E-state index contributed by atoms with van der Waals surface area (Å²) in [7, 11) is -1.80. The summed E-state index contributed by atoms with van der Waals surface area (Å²) >= 11 is 0. The number of likely N-dealkylation sites (N-methyl/N-ethyl adjacent to an activating group) is 1. The maximum absolute atomic E-state index is 12.8. The third-order valence-corrected chi connectivity index (χ3v) is 4.52. The van der Waals surface area contributed by atoms with Gasteiger partial charge in [-0.05, 0) is 29.9 Å². The number of anilines is 1. The van der Waals surface area contributed by atoms with Crippen LogP contribution in [0.15, 0.2) is 60.7 Å². The van der Waals surface area contributed by atoms with Crippen molar-refractivity contribution >= 4 is 41.2 Å². The molecule has 0 spiro atoms. The van der Waals surface area contributed by atoms with E-state index in [9.17, 15) is 19.6 Å². The molecule has 142 valence electrons. The molecule has 0 unspecified atom stereocenters. The van der Waals surface area contributed by atoms with Gasteiger partial charge in [0.25, 0.3) is 5.91 Å². The van der Waals surface area contributed by atoms with Crippen molar-refractivity contribution in [1.82, 2.24) is 0 Å². The molecule has 28 heavy (non-hydrogen) atoms. The standard InChI is InChI=1S/C21H20BNO5/c1-2-23(19-11-5-8-15-7-3-4-9-16(15)19)21(25)14-28-20-12-6-10-18(22(26)27)17(20)13-24/h3-13,26-27H,2,14H2,1H3. The lowest BCUT2D eigenvalue weighted by molar-refractivity contribution is -0.120. The first kappa shape index (κ1) is 19.6. The van der Waals surface area contributed by atoms with E-state index in [1.165, 1.54) is 18.2 Å². The van der Waals surface area contributed by atoms with Crippen LogP contribution < -0.4 is 15.1 Å². The second-order valence-corrected chi connectivity index (χ2v) is 6.18. The summed E-state index contributed by atoms with van der Waals surface area (Å²) in [4.78, 5) is 25.8. The van der Waals surface area contributed by atoms with Gasteiger partial charge >= 0.3 is 7.12 Å². The molecule has 3 aromatic carbocycles. The van der Waals surface area contributed by atoms with E-state index in [4.69, 9.17) is 4.74 Å². The summed E-state index contributed by atoms with van der Waals surface area (Å²) in [5.74, 6) is -0.145. The third kappa shape index (κ3) is 3.90. The molecule has 0 aliphatic rings. The van der Waals surface area contributed by atoms with Crippen molar-refractivity contribution in [2.75, 3.05) is 18.1 Å². The van der Waals surface area contributed by atoms with Crippen LogP contribution in [0.5, 0.6) is 5.75 Å². The minimum Gasteiger partial charge on any atom is -0.483 e. The van der Waals surface area contributed by atoms with Gasteiger partial charge in [-0.1, -0.05) is 48.5 Å². The Kier molecular flexibility index (Phi) is 6.08. The SMILES string of the molecule is CCN(C(=O)COc1cccc(B(O)O)c1C=O)c1cccc2ccccc12. The third-order valence-electron chi connectivity index (χ3n) is 4.52. The first-order valence-corrected chi connectivity index (χ1v) is 8.92.